The van der Waals surface area contributed by atoms with Crippen LogP contribution in [0.3, 0.4) is 0 Å². The fraction of sp³-hybridized carbons (Fsp3) is 1.00. The van der Waals surface area contributed by atoms with Crippen LogP contribution >= 0.6 is 0 Å². The normalized spacial score (nSPS) is 13.5. The first kappa shape index (κ1) is 13.9. The van der Waals surface area contributed by atoms with Gasteiger partial charge in [0.15, 0.2) is 0 Å². The maximum atomic E-state index is 8.92. The zero-order valence-corrected chi connectivity index (χ0v) is 9.92. The van der Waals surface area contributed by atoms with Gasteiger partial charge >= 0.3 is 0 Å². The van der Waals surface area contributed by atoms with Crippen molar-refractivity contribution in [2.24, 2.45) is 0 Å². The highest BCUT2D eigenvalue weighted by Gasteiger charge is 2.09. The number of likely N-dealkylation sites (N-methyl/N-ethyl adjacent to an activating group) is 1. The molecule has 86 valence electrons. The lowest BCUT2D eigenvalue weighted by Gasteiger charge is -2.24. The Kier molecular flexibility index (Phi) is 9.35. The molecule has 3 nitrogen and oxygen atoms in total. The van der Waals surface area contributed by atoms with Crippen molar-refractivity contribution in [3.05, 3.63) is 0 Å². The molecule has 14 heavy (non-hydrogen) atoms. The van der Waals surface area contributed by atoms with Crippen LogP contribution in [0.2, 0.25) is 0 Å². The van der Waals surface area contributed by atoms with Crippen molar-refractivity contribution >= 4 is 0 Å². The summed E-state index contributed by atoms with van der Waals surface area (Å²) in [7, 11) is 2.14. The molecule has 0 aliphatic heterocycles. The van der Waals surface area contributed by atoms with E-state index in [0.717, 1.165) is 32.5 Å². The van der Waals surface area contributed by atoms with Gasteiger partial charge in [-0.05, 0) is 39.4 Å². The number of aliphatic hydroxyl groups excluding tert-OH is 1. The number of aliphatic hydroxyl groups is 1. The van der Waals surface area contributed by atoms with E-state index in [-0.39, 0.29) is 6.61 Å². The van der Waals surface area contributed by atoms with E-state index in [0.29, 0.717) is 6.04 Å². The van der Waals surface area contributed by atoms with Gasteiger partial charge in [-0.1, -0.05) is 13.8 Å². The molecule has 1 unspecified atom stereocenters. The quantitative estimate of drug-likeness (QED) is 0.587. The summed E-state index contributed by atoms with van der Waals surface area (Å²) in [4.78, 5) is 2.32. The summed E-state index contributed by atoms with van der Waals surface area (Å²) in [6, 6.07) is 0.441. The van der Waals surface area contributed by atoms with Crippen molar-refractivity contribution in [1.82, 2.24) is 10.2 Å². The molecule has 0 heterocycles. The SMILES string of the molecule is CCCNC(CCO)CN(C)CCC. The van der Waals surface area contributed by atoms with Crippen LogP contribution in [0.5, 0.6) is 0 Å². The molecule has 0 saturated heterocycles. The summed E-state index contributed by atoms with van der Waals surface area (Å²) in [6.45, 7) is 7.85. The van der Waals surface area contributed by atoms with E-state index in [4.69, 9.17) is 5.11 Å². The molecular formula is C11H26N2O. The van der Waals surface area contributed by atoms with Gasteiger partial charge in [0, 0.05) is 19.2 Å². The van der Waals surface area contributed by atoms with Crippen molar-refractivity contribution in [3.63, 3.8) is 0 Å². The van der Waals surface area contributed by atoms with E-state index < -0.39 is 0 Å². The van der Waals surface area contributed by atoms with E-state index in [1.165, 1.54) is 6.42 Å². The maximum absolute atomic E-state index is 8.92. The minimum Gasteiger partial charge on any atom is -0.396 e. The van der Waals surface area contributed by atoms with Crippen LogP contribution < -0.4 is 5.32 Å². The van der Waals surface area contributed by atoms with Crippen LogP contribution in [-0.4, -0.2) is 49.3 Å². The molecule has 0 aromatic carbocycles. The molecule has 0 amide bonds. The number of hydrogen-bond donors (Lipinski definition) is 2. The Bertz CT molecular complexity index is 120. The summed E-state index contributed by atoms with van der Waals surface area (Å²) in [5, 5.41) is 12.4. The van der Waals surface area contributed by atoms with E-state index >= 15 is 0 Å². The van der Waals surface area contributed by atoms with Crippen molar-refractivity contribution in [3.8, 4) is 0 Å². The zero-order chi connectivity index (χ0) is 10.8. The Balaban J connectivity index is 3.69. The van der Waals surface area contributed by atoms with Crippen LogP contribution in [0.1, 0.15) is 33.1 Å². The third-order valence-corrected chi connectivity index (χ3v) is 2.30. The second-order valence-corrected chi connectivity index (χ2v) is 3.93. The average molecular weight is 202 g/mol. The molecule has 0 spiro atoms. The van der Waals surface area contributed by atoms with Crippen molar-refractivity contribution in [1.29, 1.82) is 0 Å². The predicted octanol–water partition coefficient (Wildman–Crippen LogP) is 1.08. The Labute approximate surface area is 88.5 Å². The molecule has 0 aromatic rings. The van der Waals surface area contributed by atoms with Gasteiger partial charge in [0.05, 0.1) is 0 Å². The maximum Gasteiger partial charge on any atom is 0.0446 e. The van der Waals surface area contributed by atoms with Gasteiger partial charge in [-0.3, -0.25) is 0 Å². The number of nitrogens with zero attached hydrogens (tertiary/aromatic N) is 1. The van der Waals surface area contributed by atoms with E-state index in [1.54, 1.807) is 0 Å². The highest BCUT2D eigenvalue weighted by molar-refractivity contribution is 4.69. The number of hydrogen-bond acceptors (Lipinski definition) is 3. The Morgan fingerprint density at radius 2 is 2.00 bits per heavy atom. The zero-order valence-electron chi connectivity index (χ0n) is 9.92. The average Bonchev–Trinajstić information content (AvgIpc) is 2.15. The highest BCUT2D eigenvalue weighted by Crippen LogP contribution is 1.96. The lowest BCUT2D eigenvalue weighted by Crippen LogP contribution is -2.40. The van der Waals surface area contributed by atoms with Gasteiger partial charge in [0.25, 0.3) is 0 Å². The predicted molar refractivity (Wildman–Crippen MR) is 61.6 cm³/mol. The lowest BCUT2D eigenvalue weighted by atomic mass is 10.2. The smallest absolute Gasteiger partial charge is 0.0446 e. The summed E-state index contributed by atoms with van der Waals surface area (Å²) >= 11 is 0. The van der Waals surface area contributed by atoms with Crippen LogP contribution in [0.15, 0.2) is 0 Å². The fourth-order valence-corrected chi connectivity index (χ4v) is 1.61. The van der Waals surface area contributed by atoms with E-state index in [9.17, 15) is 0 Å². The Hall–Kier alpha value is -0.120. The van der Waals surface area contributed by atoms with Gasteiger partial charge in [-0.15, -0.1) is 0 Å². The molecule has 0 radical (unpaired) electrons. The lowest BCUT2D eigenvalue weighted by molar-refractivity contribution is 0.229. The Morgan fingerprint density at radius 3 is 2.50 bits per heavy atom. The van der Waals surface area contributed by atoms with Crippen molar-refractivity contribution in [2.45, 2.75) is 39.2 Å². The summed E-state index contributed by atoms with van der Waals surface area (Å²) < 4.78 is 0. The first-order valence-electron chi connectivity index (χ1n) is 5.77. The first-order valence-corrected chi connectivity index (χ1v) is 5.77. The molecule has 0 fully saturated rings. The molecule has 0 aliphatic rings. The molecule has 0 bridgehead atoms. The highest BCUT2D eigenvalue weighted by atomic mass is 16.3. The van der Waals surface area contributed by atoms with Gasteiger partial charge in [-0.2, -0.15) is 0 Å². The summed E-state index contributed by atoms with van der Waals surface area (Å²) in [5.74, 6) is 0. The first-order chi connectivity index (χ1) is 6.74. The monoisotopic (exact) mass is 202 g/mol. The number of rotatable bonds is 9. The molecule has 2 N–H and O–H groups in total. The van der Waals surface area contributed by atoms with E-state index in [2.05, 4.69) is 31.1 Å². The van der Waals surface area contributed by atoms with Gasteiger partial charge in [0.2, 0.25) is 0 Å². The minimum absolute atomic E-state index is 0.279. The molecule has 0 aliphatic carbocycles. The van der Waals surface area contributed by atoms with Crippen LogP contribution in [0.25, 0.3) is 0 Å². The van der Waals surface area contributed by atoms with Crippen LogP contribution in [0, 0.1) is 0 Å². The second-order valence-electron chi connectivity index (χ2n) is 3.93. The standard InChI is InChI=1S/C11H26N2O/c1-4-7-12-11(6-9-14)10-13(3)8-5-2/h11-12,14H,4-10H2,1-3H3. The third-order valence-electron chi connectivity index (χ3n) is 2.30. The fourth-order valence-electron chi connectivity index (χ4n) is 1.61. The molecule has 0 aromatic heterocycles. The van der Waals surface area contributed by atoms with Crippen LogP contribution in [-0.2, 0) is 0 Å². The largest absolute Gasteiger partial charge is 0.396 e. The van der Waals surface area contributed by atoms with Crippen molar-refractivity contribution in [2.75, 3.05) is 33.3 Å². The molecule has 3 heteroatoms. The summed E-state index contributed by atoms with van der Waals surface area (Å²) in [5.41, 5.74) is 0. The van der Waals surface area contributed by atoms with E-state index in [1.807, 2.05) is 0 Å². The topological polar surface area (TPSA) is 35.5 Å². The molecule has 0 saturated carbocycles. The van der Waals surface area contributed by atoms with Gasteiger partial charge in [-0.25, -0.2) is 0 Å². The third kappa shape index (κ3) is 7.30. The van der Waals surface area contributed by atoms with Gasteiger partial charge < -0.3 is 15.3 Å². The molecule has 0 rings (SSSR count). The molecular weight excluding hydrogens is 176 g/mol. The Morgan fingerprint density at radius 1 is 1.29 bits per heavy atom. The second kappa shape index (κ2) is 9.44. The van der Waals surface area contributed by atoms with Crippen molar-refractivity contribution < 1.29 is 5.11 Å². The minimum atomic E-state index is 0.279. The van der Waals surface area contributed by atoms with Gasteiger partial charge in [0.1, 0.15) is 0 Å². The van der Waals surface area contributed by atoms with Crippen LogP contribution in [0.4, 0.5) is 0 Å². The molecule has 1 atom stereocenters. The number of nitrogens with one attached hydrogen (secondary N) is 1. The summed E-state index contributed by atoms with van der Waals surface area (Å²) in [6.07, 6.45) is 3.20.